The third kappa shape index (κ3) is 3.17. The smallest absolute Gasteiger partial charge is 0.292 e. The van der Waals surface area contributed by atoms with E-state index in [4.69, 9.17) is 11.5 Å². The molecule has 1 atom stereocenters. The van der Waals surface area contributed by atoms with Crippen molar-refractivity contribution in [2.24, 2.45) is 0 Å². The predicted octanol–water partition coefficient (Wildman–Crippen LogP) is 0.191. The fraction of sp³-hybridized carbons (Fsp3) is 0.429. The molecule has 0 aliphatic rings. The number of aliphatic hydroxyl groups excluding tert-OH is 1. The van der Waals surface area contributed by atoms with Crippen molar-refractivity contribution < 1.29 is 9.90 Å². The Hall–Kier alpha value is -2.46. The Labute approximate surface area is 122 Å². The number of aromatic nitrogens is 4. The summed E-state index contributed by atoms with van der Waals surface area (Å²) in [7, 11) is 0. The summed E-state index contributed by atoms with van der Waals surface area (Å²) in [4.78, 5) is 20.3. The second-order valence-corrected chi connectivity index (χ2v) is 4.90. The Morgan fingerprint density at radius 2 is 2.38 bits per heavy atom. The highest BCUT2D eigenvalue weighted by Crippen LogP contribution is 2.09. The molecule has 21 heavy (non-hydrogen) atoms. The molecule has 0 radical (unpaired) electrons. The molecule has 2 aromatic heterocycles. The van der Waals surface area contributed by atoms with Gasteiger partial charge in [0.1, 0.15) is 0 Å². The molecular weight excluding hydrogens is 270 g/mol. The fourth-order valence-electron chi connectivity index (χ4n) is 1.71. The molecule has 0 aromatic carbocycles. The summed E-state index contributed by atoms with van der Waals surface area (Å²) in [5, 5.41) is 15.7. The predicted molar refractivity (Wildman–Crippen MR) is 76.6 cm³/mol. The van der Waals surface area contributed by atoms with Crippen molar-refractivity contribution in [3.63, 3.8) is 0 Å². The van der Waals surface area contributed by atoms with Gasteiger partial charge in [-0.25, -0.2) is 9.50 Å². The first-order valence-electron chi connectivity index (χ1n) is 6.64. The van der Waals surface area contributed by atoms with E-state index in [1.54, 1.807) is 19.3 Å². The highest BCUT2D eigenvalue weighted by Gasteiger charge is 2.24. The lowest BCUT2D eigenvalue weighted by Gasteiger charge is -2.22. The number of hydrogen-bond acceptors (Lipinski definition) is 5. The number of fused-ring (bicyclic) bond motifs is 1. The molecule has 7 nitrogen and oxygen atoms in total. The first-order valence-corrected chi connectivity index (χ1v) is 6.64. The van der Waals surface area contributed by atoms with Gasteiger partial charge in [-0.2, -0.15) is 4.98 Å². The van der Waals surface area contributed by atoms with Gasteiger partial charge in [-0.3, -0.25) is 4.79 Å². The lowest BCUT2D eigenvalue weighted by atomic mass is 10.0. The van der Waals surface area contributed by atoms with E-state index in [0.717, 1.165) is 5.56 Å². The van der Waals surface area contributed by atoms with Crippen LogP contribution >= 0.6 is 0 Å². The summed E-state index contributed by atoms with van der Waals surface area (Å²) < 4.78 is 1.42. The van der Waals surface area contributed by atoms with Crippen LogP contribution in [-0.2, 0) is 6.42 Å². The van der Waals surface area contributed by atoms with Crippen molar-refractivity contribution in [1.29, 1.82) is 0 Å². The first kappa shape index (κ1) is 14.9. The summed E-state index contributed by atoms with van der Waals surface area (Å²) in [5.74, 6) is 2.44. The van der Waals surface area contributed by atoms with Gasteiger partial charge < -0.3 is 10.4 Å². The standard InChI is InChI=1S/C14H17N5O2/c1-4-14(3,5-2)17-12(21)11-16-13-15-8-10(6-7-20)9-19(13)18-11/h1,8-9,20H,5-7H2,2-3H3,(H,17,21). The highest BCUT2D eigenvalue weighted by molar-refractivity contribution is 5.91. The number of hydrogen-bond donors (Lipinski definition) is 2. The van der Waals surface area contributed by atoms with E-state index in [2.05, 4.69) is 26.3 Å². The summed E-state index contributed by atoms with van der Waals surface area (Å²) in [6.45, 7) is 3.67. The zero-order valence-corrected chi connectivity index (χ0v) is 12.0. The molecule has 0 fully saturated rings. The van der Waals surface area contributed by atoms with Crippen LogP contribution in [-0.4, -0.2) is 42.7 Å². The van der Waals surface area contributed by atoms with E-state index in [9.17, 15) is 4.79 Å². The minimum Gasteiger partial charge on any atom is -0.396 e. The number of rotatable bonds is 5. The molecule has 2 N–H and O–H groups in total. The Kier molecular flexibility index (Phi) is 4.19. The number of carbonyl (C=O) groups excluding carboxylic acids is 1. The van der Waals surface area contributed by atoms with Crippen LogP contribution in [0.4, 0.5) is 0 Å². The van der Waals surface area contributed by atoms with E-state index in [1.165, 1.54) is 4.52 Å². The molecule has 2 rings (SSSR count). The SMILES string of the molecule is C#CC(C)(CC)NC(=O)c1nc2ncc(CCO)cn2n1. The summed E-state index contributed by atoms with van der Waals surface area (Å²) in [5.41, 5.74) is 0.0770. The van der Waals surface area contributed by atoms with Gasteiger partial charge in [0.2, 0.25) is 5.82 Å². The maximum absolute atomic E-state index is 12.1. The van der Waals surface area contributed by atoms with Crippen molar-refractivity contribution in [2.45, 2.75) is 32.2 Å². The van der Waals surface area contributed by atoms with Gasteiger partial charge in [0.25, 0.3) is 11.7 Å². The third-order valence-electron chi connectivity index (χ3n) is 3.27. The largest absolute Gasteiger partial charge is 0.396 e. The van der Waals surface area contributed by atoms with E-state index >= 15 is 0 Å². The lowest BCUT2D eigenvalue weighted by Crippen LogP contribution is -2.44. The minimum absolute atomic E-state index is 0.0126. The maximum atomic E-state index is 12.1. The van der Waals surface area contributed by atoms with Crippen molar-refractivity contribution in [2.75, 3.05) is 6.61 Å². The number of terminal acetylenes is 1. The topological polar surface area (TPSA) is 92.4 Å². The zero-order chi connectivity index (χ0) is 15.5. The Balaban J connectivity index is 2.26. The van der Waals surface area contributed by atoms with Crippen LogP contribution in [0.2, 0.25) is 0 Å². The Morgan fingerprint density at radius 3 is 3.00 bits per heavy atom. The molecule has 0 aliphatic carbocycles. The van der Waals surface area contributed by atoms with Gasteiger partial charge in [0, 0.05) is 19.0 Å². The average Bonchev–Trinajstić information content (AvgIpc) is 2.91. The van der Waals surface area contributed by atoms with Crippen molar-refractivity contribution >= 4 is 11.7 Å². The second-order valence-electron chi connectivity index (χ2n) is 4.90. The van der Waals surface area contributed by atoms with E-state index < -0.39 is 11.4 Å². The minimum atomic E-state index is -0.732. The lowest BCUT2D eigenvalue weighted by molar-refractivity contribution is 0.0913. The monoisotopic (exact) mass is 287 g/mol. The van der Waals surface area contributed by atoms with Crippen LogP contribution < -0.4 is 5.32 Å². The zero-order valence-electron chi connectivity index (χ0n) is 12.0. The first-order chi connectivity index (χ1) is 10.0. The summed E-state index contributed by atoms with van der Waals surface area (Å²) in [6.07, 6.45) is 9.77. The van der Waals surface area contributed by atoms with Crippen LogP contribution in [0.25, 0.3) is 5.78 Å². The van der Waals surface area contributed by atoms with E-state index in [-0.39, 0.29) is 12.4 Å². The number of nitrogens with zero attached hydrogens (tertiary/aromatic N) is 4. The van der Waals surface area contributed by atoms with Crippen molar-refractivity contribution in [3.05, 3.63) is 23.8 Å². The number of aliphatic hydroxyl groups is 1. The molecule has 0 bridgehead atoms. The molecule has 0 aliphatic heterocycles. The van der Waals surface area contributed by atoms with E-state index in [1.807, 2.05) is 6.92 Å². The normalized spacial score (nSPS) is 13.6. The quantitative estimate of drug-likeness (QED) is 0.766. The molecule has 2 aromatic rings. The van der Waals surface area contributed by atoms with Gasteiger partial charge >= 0.3 is 0 Å². The molecule has 0 spiro atoms. The molecular formula is C14H17N5O2. The molecule has 1 amide bonds. The molecule has 110 valence electrons. The maximum Gasteiger partial charge on any atom is 0.292 e. The van der Waals surface area contributed by atoms with Gasteiger partial charge in [-0.1, -0.05) is 12.8 Å². The number of amides is 1. The molecule has 0 saturated carbocycles. The third-order valence-corrected chi connectivity index (χ3v) is 3.27. The van der Waals surface area contributed by atoms with Gasteiger partial charge in [0.05, 0.1) is 5.54 Å². The fourth-order valence-corrected chi connectivity index (χ4v) is 1.71. The van der Waals surface area contributed by atoms with Crippen LogP contribution in [0, 0.1) is 12.3 Å². The van der Waals surface area contributed by atoms with Gasteiger partial charge in [-0.05, 0) is 25.3 Å². The molecule has 0 saturated heterocycles. The Morgan fingerprint density at radius 1 is 1.62 bits per heavy atom. The van der Waals surface area contributed by atoms with Crippen molar-refractivity contribution in [1.82, 2.24) is 24.9 Å². The average molecular weight is 287 g/mol. The molecule has 1 unspecified atom stereocenters. The molecule has 7 heteroatoms. The Bertz CT molecular complexity index is 703. The second kappa shape index (κ2) is 5.89. The summed E-state index contributed by atoms with van der Waals surface area (Å²) in [6, 6.07) is 0. The van der Waals surface area contributed by atoms with Crippen LogP contribution in [0.3, 0.4) is 0 Å². The highest BCUT2D eigenvalue weighted by atomic mass is 16.3. The van der Waals surface area contributed by atoms with Gasteiger partial charge in [-0.15, -0.1) is 11.5 Å². The number of carbonyl (C=O) groups is 1. The van der Waals surface area contributed by atoms with Gasteiger partial charge in [0.15, 0.2) is 0 Å². The summed E-state index contributed by atoms with van der Waals surface area (Å²) >= 11 is 0. The number of nitrogens with one attached hydrogen (secondary N) is 1. The molecule has 2 heterocycles. The van der Waals surface area contributed by atoms with Crippen molar-refractivity contribution in [3.8, 4) is 12.3 Å². The van der Waals surface area contributed by atoms with Crippen LogP contribution in [0.1, 0.15) is 36.5 Å². The van der Waals surface area contributed by atoms with E-state index in [0.29, 0.717) is 18.6 Å². The van der Waals surface area contributed by atoms with Crippen LogP contribution in [0.5, 0.6) is 0 Å². The van der Waals surface area contributed by atoms with Crippen LogP contribution in [0.15, 0.2) is 12.4 Å².